The predicted octanol–water partition coefficient (Wildman–Crippen LogP) is 3.29. The lowest BCUT2D eigenvalue weighted by molar-refractivity contribution is 0.0929. The number of benzene rings is 1. The van der Waals surface area contributed by atoms with Crippen LogP contribution in [0.25, 0.3) is 11.3 Å². The number of nitrogens with one attached hydrogen (secondary N) is 1. The van der Waals surface area contributed by atoms with Gasteiger partial charge in [-0.25, -0.2) is 8.78 Å². The molecule has 1 heterocycles. The van der Waals surface area contributed by atoms with Crippen molar-refractivity contribution >= 4 is 5.91 Å². The van der Waals surface area contributed by atoms with Crippen molar-refractivity contribution in [3.63, 3.8) is 0 Å². The van der Waals surface area contributed by atoms with Crippen molar-refractivity contribution in [1.29, 1.82) is 0 Å². The Morgan fingerprint density at radius 2 is 1.95 bits per heavy atom. The first-order valence-corrected chi connectivity index (χ1v) is 6.86. The number of nitrogens with zero attached hydrogens (tertiary/aromatic N) is 1. The van der Waals surface area contributed by atoms with E-state index >= 15 is 0 Å². The second kappa shape index (κ2) is 5.63. The summed E-state index contributed by atoms with van der Waals surface area (Å²) >= 11 is 0. The number of carbonyl (C=O) groups excluding carboxylic acids is 1. The van der Waals surface area contributed by atoms with Gasteiger partial charge in [-0.2, -0.15) is 0 Å². The minimum absolute atomic E-state index is 0.140. The van der Waals surface area contributed by atoms with Gasteiger partial charge in [-0.15, -0.1) is 0 Å². The normalized spacial score (nSPS) is 15.3. The van der Waals surface area contributed by atoms with Gasteiger partial charge in [-0.3, -0.25) is 4.79 Å². The number of halogens is 2. The van der Waals surface area contributed by atoms with Crippen molar-refractivity contribution in [2.45, 2.75) is 31.7 Å². The second-order valence-electron chi connectivity index (χ2n) is 5.16. The molecule has 1 aliphatic rings. The molecule has 3 rings (SSSR count). The topological polar surface area (TPSA) is 55.1 Å². The number of carbonyl (C=O) groups is 1. The molecule has 0 saturated heterocycles. The molecule has 0 spiro atoms. The summed E-state index contributed by atoms with van der Waals surface area (Å²) in [5.41, 5.74) is 0.475. The van der Waals surface area contributed by atoms with Crippen LogP contribution in [0.3, 0.4) is 0 Å². The van der Waals surface area contributed by atoms with Crippen molar-refractivity contribution in [3.8, 4) is 11.3 Å². The van der Waals surface area contributed by atoms with Gasteiger partial charge in [0.05, 0.1) is 0 Å². The molecule has 6 heteroatoms. The minimum atomic E-state index is -0.971. The van der Waals surface area contributed by atoms with Crippen LogP contribution in [0.15, 0.2) is 28.8 Å². The molecule has 4 nitrogen and oxygen atoms in total. The summed E-state index contributed by atoms with van der Waals surface area (Å²) in [6.45, 7) is 0. The quantitative estimate of drug-likeness (QED) is 0.944. The zero-order chi connectivity index (χ0) is 14.8. The van der Waals surface area contributed by atoms with Crippen LogP contribution < -0.4 is 5.32 Å². The third-order valence-electron chi connectivity index (χ3n) is 3.64. The lowest BCUT2D eigenvalue weighted by Crippen LogP contribution is -2.32. The summed E-state index contributed by atoms with van der Waals surface area (Å²) in [6.07, 6.45) is 4.17. The molecule has 2 aromatic rings. The number of hydrogen-bond donors (Lipinski definition) is 1. The van der Waals surface area contributed by atoms with Crippen LogP contribution in [0.5, 0.6) is 0 Å². The molecular weight excluding hydrogens is 278 g/mol. The molecule has 1 amide bonds. The third-order valence-corrected chi connectivity index (χ3v) is 3.64. The molecule has 110 valence electrons. The van der Waals surface area contributed by atoms with E-state index in [-0.39, 0.29) is 23.4 Å². The average Bonchev–Trinajstić information content (AvgIpc) is 3.12. The van der Waals surface area contributed by atoms with Crippen LogP contribution in [0.2, 0.25) is 0 Å². The van der Waals surface area contributed by atoms with Crippen molar-refractivity contribution in [1.82, 2.24) is 10.5 Å². The van der Waals surface area contributed by atoms with Crippen molar-refractivity contribution in [2.24, 2.45) is 0 Å². The van der Waals surface area contributed by atoms with Gasteiger partial charge in [0.1, 0.15) is 0 Å². The fraction of sp³-hybridized carbons (Fsp3) is 0.333. The summed E-state index contributed by atoms with van der Waals surface area (Å²) in [5, 5.41) is 6.57. The maximum atomic E-state index is 13.2. The first kappa shape index (κ1) is 13.7. The number of rotatable bonds is 3. The monoisotopic (exact) mass is 292 g/mol. The van der Waals surface area contributed by atoms with E-state index in [0.29, 0.717) is 5.56 Å². The Morgan fingerprint density at radius 3 is 2.67 bits per heavy atom. The van der Waals surface area contributed by atoms with Crippen LogP contribution in [-0.4, -0.2) is 17.1 Å². The second-order valence-corrected chi connectivity index (χ2v) is 5.16. The van der Waals surface area contributed by atoms with Gasteiger partial charge in [0.15, 0.2) is 23.1 Å². The molecule has 1 aliphatic carbocycles. The first-order valence-electron chi connectivity index (χ1n) is 6.86. The molecule has 0 radical (unpaired) electrons. The largest absolute Gasteiger partial charge is 0.355 e. The summed E-state index contributed by atoms with van der Waals surface area (Å²) < 4.78 is 31.1. The van der Waals surface area contributed by atoms with Gasteiger partial charge in [0.25, 0.3) is 5.91 Å². The van der Waals surface area contributed by atoms with E-state index in [1.54, 1.807) is 0 Å². The van der Waals surface area contributed by atoms with Gasteiger partial charge >= 0.3 is 0 Å². The molecule has 1 fully saturated rings. The van der Waals surface area contributed by atoms with Gasteiger partial charge in [0, 0.05) is 17.7 Å². The van der Waals surface area contributed by atoms with Crippen LogP contribution in [0.1, 0.15) is 36.2 Å². The molecule has 0 unspecified atom stereocenters. The Balaban J connectivity index is 1.75. The highest BCUT2D eigenvalue weighted by Crippen LogP contribution is 2.23. The fourth-order valence-electron chi connectivity index (χ4n) is 2.50. The van der Waals surface area contributed by atoms with Crippen LogP contribution in [-0.2, 0) is 0 Å². The Kier molecular flexibility index (Phi) is 3.68. The van der Waals surface area contributed by atoms with Crippen molar-refractivity contribution in [2.75, 3.05) is 0 Å². The Hall–Kier alpha value is -2.24. The Bertz CT molecular complexity index is 663. The summed E-state index contributed by atoms with van der Waals surface area (Å²) in [4.78, 5) is 12.0. The number of hydrogen-bond acceptors (Lipinski definition) is 3. The van der Waals surface area contributed by atoms with E-state index in [0.717, 1.165) is 37.8 Å². The Morgan fingerprint density at radius 1 is 1.19 bits per heavy atom. The lowest BCUT2D eigenvalue weighted by atomic mass is 10.1. The molecule has 1 aromatic heterocycles. The number of amides is 1. The summed E-state index contributed by atoms with van der Waals surface area (Å²) in [5.74, 6) is -1.98. The highest BCUT2D eigenvalue weighted by molar-refractivity contribution is 5.93. The standard InChI is InChI=1S/C15H14F2N2O2/c16-11-6-5-9(7-12(11)17)14-8-13(19-21-14)15(20)18-10-3-1-2-4-10/h5-8,10H,1-4H2,(H,18,20). The third kappa shape index (κ3) is 2.94. The molecule has 21 heavy (non-hydrogen) atoms. The zero-order valence-electron chi connectivity index (χ0n) is 11.2. The summed E-state index contributed by atoms with van der Waals surface area (Å²) in [7, 11) is 0. The molecular formula is C15H14F2N2O2. The predicted molar refractivity (Wildman–Crippen MR) is 71.6 cm³/mol. The summed E-state index contributed by atoms with van der Waals surface area (Å²) in [6, 6.07) is 5.00. The van der Waals surface area contributed by atoms with Crippen LogP contribution in [0, 0.1) is 11.6 Å². The van der Waals surface area contributed by atoms with E-state index in [1.165, 1.54) is 12.1 Å². The van der Waals surface area contributed by atoms with Gasteiger partial charge in [-0.05, 0) is 31.0 Å². The van der Waals surface area contributed by atoms with Crippen LogP contribution >= 0.6 is 0 Å². The Labute approximate surface area is 120 Å². The highest BCUT2D eigenvalue weighted by atomic mass is 19.2. The first-order chi connectivity index (χ1) is 10.1. The molecule has 0 atom stereocenters. The van der Waals surface area contributed by atoms with E-state index in [4.69, 9.17) is 4.52 Å². The molecule has 1 aromatic carbocycles. The SMILES string of the molecule is O=C(NC1CCCC1)c1cc(-c2ccc(F)c(F)c2)on1. The zero-order valence-corrected chi connectivity index (χ0v) is 11.2. The molecule has 0 bridgehead atoms. The number of aromatic nitrogens is 1. The average molecular weight is 292 g/mol. The van der Waals surface area contributed by atoms with Crippen molar-refractivity contribution in [3.05, 3.63) is 41.6 Å². The maximum absolute atomic E-state index is 13.2. The van der Waals surface area contributed by atoms with E-state index in [1.807, 2.05) is 0 Å². The molecule has 1 saturated carbocycles. The van der Waals surface area contributed by atoms with E-state index < -0.39 is 11.6 Å². The molecule has 0 aliphatic heterocycles. The molecule has 1 N–H and O–H groups in total. The van der Waals surface area contributed by atoms with Gasteiger partial charge in [-0.1, -0.05) is 18.0 Å². The maximum Gasteiger partial charge on any atom is 0.273 e. The van der Waals surface area contributed by atoms with Gasteiger partial charge < -0.3 is 9.84 Å². The van der Waals surface area contributed by atoms with E-state index in [2.05, 4.69) is 10.5 Å². The fourth-order valence-corrected chi connectivity index (χ4v) is 2.50. The van der Waals surface area contributed by atoms with Crippen molar-refractivity contribution < 1.29 is 18.1 Å². The highest BCUT2D eigenvalue weighted by Gasteiger charge is 2.20. The smallest absolute Gasteiger partial charge is 0.273 e. The lowest BCUT2D eigenvalue weighted by Gasteiger charge is -2.09. The minimum Gasteiger partial charge on any atom is -0.355 e. The van der Waals surface area contributed by atoms with Crippen LogP contribution in [0.4, 0.5) is 8.78 Å². The van der Waals surface area contributed by atoms with Gasteiger partial charge in [0.2, 0.25) is 0 Å². The van der Waals surface area contributed by atoms with E-state index in [9.17, 15) is 13.6 Å².